The summed E-state index contributed by atoms with van der Waals surface area (Å²) >= 11 is 0. The van der Waals surface area contributed by atoms with Crippen LogP contribution in [0.2, 0.25) is 0 Å². The van der Waals surface area contributed by atoms with Crippen molar-refractivity contribution in [3.05, 3.63) is 291 Å². The summed E-state index contributed by atoms with van der Waals surface area (Å²) in [6, 6.07) is 102. The van der Waals surface area contributed by atoms with Gasteiger partial charge in [0.25, 0.3) is 0 Å². The molecular formula is C73H48N6. The van der Waals surface area contributed by atoms with Crippen molar-refractivity contribution < 1.29 is 0 Å². The maximum Gasteiger partial charge on any atom is 0.235 e. The third-order valence-electron chi connectivity index (χ3n) is 14.7. The number of rotatable bonds is 11. The molecule has 0 amide bonds. The molecule has 0 bridgehead atoms. The van der Waals surface area contributed by atoms with E-state index in [0.717, 1.165) is 117 Å². The molecule has 0 spiro atoms. The fraction of sp³-hybridized carbons (Fsp3) is 0. The number of nitrogens with zero attached hydrogens (tertiary/aromatic N) is 6. The van der Waals surface area contributed by atoms with Crippen LogP contribution in [-0.2, 0) is 0 Å². The van der Waals surface area contributed by atoms with Gasteiger partial charge in [-0.2, -0.15) is 0 Å². The average Bonchev–Trinajstić information content (AvgIpc) is 4.14. The van der Waals surface area contributed by atoms with Gasteiger partial charge in [-0.15, -0.1) is 0 Å². The zero-order valence-corrected chi connectivity index (χ0v) is 42.9. The van der Waals surface area contributed by atoms with Gasteiger partial charge >= 0.3 is 0 Å². The van der Waals surface area contributed by atoms with Crippen molar-refractivity contribution in [2.75, 3.05) is 0 Å². The van der Waals surface area contributed by atoms with Gasteiger partial charge in [0.15, 0.2) is 17.5 Å². The summed E-state index contributed by atoms with van der Waals surface area (Å²) in [6.45, 7) is 0. The molecule has 0 unspecified atom stereocenters. The largest absolute Gasteiger partial charge is 0.278 e. The highest BCUT2D eigenvalue weighted by atomic mass is 15.2. The second-order valence-electron chi connectivity index (χ2n) is 19.7. The maximum absolute atomic E-state index is 5.36. The first kappa shape index (κ1) is 46.8. The summed E-state index contributed by atoms with van der Waals surface area (Å²) in [5, 5.41) is 2.18. The van der Waals surface area contributed by atoms with Gasteiger partial charge in [-0.3, -0.25) is 4.57 Å². The van der Waals surface area contributed by atoms with Gasteiger partial charge in [0.1, 0.15) is 0 Å². The third kappa shape index (κ3) is 9.24. The van der Waals surface area contributed by atoms with Crippen LogP contribution < -0.4 is 0 Å². The van der Waals surface area contributed by atoms with E-state index < -0.39 is 0 Å². The molecule has 0 saturated heterocycles. The van der Waals surface area contributed by atoms with Crippen LogP contribution in [0.4, 0.5) is 0 Å². The Morgan fingerprint density at radius 2 is 0.582 bits per heavy atom. The van der Waals surface area contributed by atoms with Gasteiger partial charge in [0.2, 0.25) is 5.95 Å². The standard InChI is InChI=1S/C73H48N6/c1-7-22-49(23-8-1)56-40-41-67-64(47-56)69-63(38-21-39-68(69)79(67)73-74-65(52-28-13-4-14-29-52)48-66(75-73)53-30-15-5-16-31-53)57-35-20-37-59(43-57)72-77-70(54-32-17-6-18-33-54)76-71(78-72)58-36-19-34-55(42-58)62-45-60(50-24-9-2-10-25-50)44-61(46-62)51-26-11-3-12-27-51/h1-48H. The molecule has 0 atom stereocenters. The predicted molar refractivity (Wildman–Crippen MR) is 324 cm³/mol. The van der Waals surface area contributed by atoms with Crippen molar-refractivity contribution >= 4 is 21.8 Å². The van der Waals surface area contributed by atoms with E-state index in [-0.39, 0.29) is 0 Å². The van der Waals surface area contributed by atoms with Crippen LogP contribution in [0.25, 0.3) is 140 Å². The molecule has 3 aromatic heterocycles. The molecule has 79 heavy (non-hydrogen) atoms. The SMILES string of the molecule is c1ccc(-c2cc(-c3ccccc3)cc(-c3cccc(-c4nc(-c5ccccc5)nc(-c5cccc(-c6cccc7c6c6cc(-c8ccccc8)ccc6n7-c6nc(-c7ccccc7)cc(-c7ccccc7)n6)c5)n4)c3)c2)cc1. The molecule has 11 aromatic carbocycles. The van der Waals surface area contributed by atoms with Crippen LogP contribution in [-0.4, -0.2) is 29.5 Å². The predicted octanol–water partition coefficient (Wildman–Crippen LogP) is 18.4. The van der Waals surface area contributed by atoms with Crippen LogP contribution in [0.5, 0.6) is 0 Å². The van der Waals surface area contributed by atoms with Crippen LogP contribution >= 0.6 is 0 Å². The van der Waals surface area contributed by atoms with E-state index in [2.05, 4.69) is 265 Å². The van der Waals surface area contributed by atoms with Crippen molar-refractivity contribution in [3.8, 4) is 118 Å². The number of fused-ring (bicyclic) bond motifs is 3. The zero-order chi connectivity index (χ0) is 52.5. The minimum atomic E-state index is 0.578. The van der Waals surface area contributed by atoms with Gasteiger partial charge in [0.05, 0.1) is 22.4 Å². The lowest BCUT2D eigenvalue weighted by Crippen LogP contribution is -2.04. The Hall–Kier alpha value is -10.7. The lowest BCUT2D eigenvalue weighted by Gasteiger charge is -2.13. The average molecular weight is 1010 g/mol. The topological polar surface area (TPSA) is 69.4 Å². The first-order valence-corrected chi connectivity index (χ1v) is 26.6. The Morgan fingerprint density at radius 3 is 1.10 bits per heavy atom. The molecule has 14 rings (SSSR count). The van der Waals surface area contributed by atoms with E-state index in [9.17, 15) is 0 Å². The molecule has 3 heterocycles. The molecule has 14 aromatic rings. The molecule has 0 fully saturated rings. The number of hydrogen-bond donors (Lipinski definition) is 0. The summed E-state index contributed by atoms with van der Waals surface area (Å²) in [4.78, 5) is 26.5. The Labute approximate surface area is 458 Å². The number of benzene rings is 11. The van der Waals surface area contributed by atoms with Gasteiger partial charge in [0, 0.05) is 38.6 Å². The molecule has 6 heteroatoms. The van der Waals surface area contributed by atoms with Crippen molar-refractivity contribution in [1.82, 2.24) is 29.5 Å². The van der Waals surface area contributed by atoms with E-state index in [4.69, 9.17) is 24.9 Å². The summed E-state index contributed by atoms with van der Waals surface area (Å²) < 4.78 is 2.23. The van der Waals surface area contributed by atoms with Gasteiger partial charge in [-0.05, 0) is 110 Å². The zero-order valence-electron chi connectivity index (χ0n) is 42.9. The second-order valence-corrected chi connectivity index (χ2v) is 19.7. The summed E-state index contributed by atoms with van der Waals surface area (Å²) in [5.41, 5.74) is 19.5. The molecule has 0 radical (unpaired) electrons. The van der Waals surface area contributed by atoms with E-state index >= 15 is 0 Å². The van der Waals surface area contributed by atoms with Gasteiger partial charge < -0.3 is 0 Å². The fourth-order valence-electron chi connectivity index (χ4n) is 10.8. The van der Waals surface area contributed by atoms with Crippen molar-refractivity contribution in [2.24, 2.45) is 0 Å². The molecule has 370 valence electrons. The highest BCUT2D eigenvalue weighted by molar-refractivity contribution is 6.16. The minimum absolute atomic E-state index is 0.578. The second kappa shape index (κ2) is 20.4. The Bertz CT molecular complexity index is 4390. The summed E-state index contributed by atoms with van der Waals surface area (Å²) in [7, 11) is 0. The monoisotopic (exact) mass is 1010 g/mol. The fourth-order valence-corrected chi connectivity index (χ4v) is 10.8. The van der Waals surface area contributed by atoms with Crippen molar-refractivity contribution in [2.45, 2.75) is 0 Å². The molecule has 0 saturated carbocycles. The van der Waals surface area contributed by atoms with Crippen LogP contribution in [0, 0.1) is 0 Å². The molecule has 0 aliphatic heterocycles. The van der Waals surface area contributed by atoms with Crippen molar-refractivity contribution in [3.63, 3.8) is 0 Å². The molecule has 0 aliphatic rings. The summed E-state index contributed by atoms with van der Waals surface area (Å²) in [6.07, 6.45) is 0. The number of hydrogen-bond acceptors (Lipinski definition) is 5. The van der Waals surface area contributed by atoms with E-state index in [1.165, 1.54) is 0 Å². The maximum atomic E-state index is 5.36. The smallest absolute Gasteiger partial charge is 0.235 e. The Kier molecular flexibility index (Phi) is 12.1. The van der Waals surface area contributed by atoms with Crippen LogP contribution in [0.3, 0.4) is 0 Å². The Balaban J connectivity index is 0.927. The summed E-state index contributed by atoms with van der Waals surface area (Å²) in [5.74, 6) is 2.35. The molecule has 0 aliphatic carbocycles. The highest BCUT2D eigenvalue weighted by Crippen LogP contribution is 2.42. The van der Waals surface area contributed by atoms with E-state index in [1.807, 2.05) is 30.3 Å². The lowest BCUT2D eigenvalue weighted by molar-refractivity contribution is 0.996. The van der Waals surface area contributed by atoms with Crippen LogP contribution in [0.1, 0.15) is 0 Å². The quantitative estimate of drug-likeness (QED) is 0.129. The minimum Gasteiger partial charge on any atom is -0.278 e. The van der Waals surface area contributed by atoms with E-state index in [1.54, 1.807) is 0 Å². The van der Waals surface area contributed by atoms with Crippen molar-refractivity contribution in [1.29, 1.82) is 0 Å². The van der Waals surface area contributed by atoms with Gasteiger partial charge in [-0.1, -0.05) is 237 Å². The normalized spacial score (nSPS) is 11.3. The first-order valence-electron chi connectivity index (χ1n) is 26.6. The number of aromatic nitrogens is 6. The molecule has 0 N–H and O–H groups in total. The van der Waals surface area contributed by atoms with E-state index in [0.29, 0.717) is 23.4 Å². The molecular weight excluding hydrogens is 961 g/mol. The lowest BCUT2D eigenvalue weighted by atomic mass is 9.93. The third-order valence-corrected chi connectivity index (χ3v) is 14.7. The van der Waals surface area contributed by atoms with Gasteiger partial charge in [-0.25, -0.2) is 24.9 Å². The molecule has 6 nitrogen and oxygen atoms in total. The highest BCUT2D eigenvalue weighted by Gasteiger charge is 2.22. The Morgan fingerprint density at radius 1 is 0.215 bits per heavy atom. The first-order chi connectivity index (χ1) is 39.1. The van der Waals surface area contributed by atoms with Crippen LogP contribution in [0.15, 0.2) is 291 Å².